The van der Waals surface area contributed by atoms with Gasteiger partial charge in [0.15, 0.2) is 6.61 Å². The lowest BCUT2D eigenvalue weighted by Gasteiger charge is -2.09. The minimum absolute atomic E-state index is 0.198. The van der Waals surface area contributed by atoms with E-state index in [0.717, 1.165) is 11.3 Å². The van der Waals surface area contributed by atoms with Crippen molar-refractivity contribution in [1.29, 1.82) is 0 Å². The van der Waals surface area contributed by atoms with Crippen LogP contribution in [-0.2, 0) is 4.79 Å². The fourth-order valence-corrected chi connectivity index (χ4v) is 2.28. The smallest absolute Gasteiger partial charge is 0.323 e. The first-order valence-corrected chi connectivity index (χ1v) is 7.80. The van der Waals surface area contributed by atoms with E-state index in [0.29, 0.717) is 17.1 Å². The van der Waals surface area contributed by atoms with Crippen LogP contribution in [0.3, 0.4) is 0 Å². The predicted octanol–water partition coefficient (Wildman–Crippen LogP) is 2.58. The molecule has 0 saturated carbocycles. The summed E-state index contributed by atoms with van der Waals surface area (Å²) in [6.07, 6.45) is 1.54. The zero-order chi connectivity index (χ0) is 18.4. The average molecular weight is 351 g/mol. The highest BCUT2D eigenvalue weighted by Crippen LogP contribution is 2.25. The Morgan fingerprint density at radius 3 is 2.46 bits per heavy atom. The van der Waals surface area contributed by atoms with Gasteiger partial charge in [0.2, 0.25) is 0 Å². The Morgan fingerprint density at radius 2 is 1.77 bits per heavy atom. The molecular weight excluding hydrogens is 334 g/mol. The number of nitrogens with zero attached hydrogens (tertiary/aromatic N) is 1. The second kappa shape index (κ2) is 7.84. The molecule has 0 fully saturated rings. The van der Waals surface area contributed by atoms with E-state index in [1.165, 1.54) is 0 Å². The topological polar surface area (TPSA) is 122 Å². The van der Waals surface area contributed by atoms with Gasteiger partial charge in [-0.05, 0) is 24.3 Å². The van der Waals surface area contributed by atoms with Crippen LogP contribution in [0.2, 0.25) is 0 Å². The summed E-state index contributed by atoms with van der Waals surface area (Å²) in [6.45, 7) is -0.198. The minimum atomic E-state index is -0.555. The molecule has 2 aromatic carbocycles. The van der Waals surface area contributed by atoms with E-state index in [-0.39, 0.29) is 6.61 Å². The number of nitrogens with two attached hydrogens (primary N) is 1. The summed E-state index contributed by atoms with van der Waals surface area (Å²) >= 11 is 0. The number of carbonyl (C=O) groups excluding carboxylic acids is 2. The maximum Gasteiger partial charge on any atom is 0.323 e. The number of aromatic nitrogens is 2. The number of hydrogen-bond acceptors (Lipinski definition) is 4. The van der Waals surface area contributed by atoms with Gasteiger partial charge in [-0.1, -0.05) is 30.3 Å². The summed E-state index contributed by atoms with van der Waals surface area (Å²) in [5.41, 5.74) is 7.78. The average Bonchev–Trinajstić information content (AvgIpc) is 3.09. The highest BCUT2D eigenvalue weighted by atomic mass is 16.5. The lowest BCUT2D eigenvalue weighted by molar-refractivity contribution is -0.119. The Hall–Kier alpha value is -3.81. The zero-order valence-corrected chi connectivity index (χ0v) is 13.7. The molecule has 0 aliphatic carbocycles. The van der Waals surface area contributed by atoms with Gasteiger partial charge in [0.05, 0.1) is 17.6 Å². The first kappa shape index (κ1) is 17.0. The van der Waals surface area contributed by atoms with Crippen molar-refractivity contribution in [1.82, 2.24) is 10.2 Å². The van der Waals surface area contributed by atoms with Crippen LogP contribution in [-0.4, -0.2) is 28.7 Å². The van der Waals surface area contributed by atoms with Crippen LogP contribution in [0.5, 0.6) is 5.75 Å². The van der Waals surface area contributed by atoms with E-state index in [4.69, 9.17) is 10.5 Å². The molecule has 5 N–H and O–H groups in total. The Labute approximate surface area is 149 Å². The summed E-state index contributed by atoms with van der Waals surface area (Å²) in [5, 5.41) is 12.3. The van der Waals surface area contributed by atoms with Crippen molar-refractivity contribution in [3.63, 3.8) is 0 Å². The lowest BCUT2D eigenvalue weighted by atomic mass is 10.1. The molecule has 3 aromatic rings. The lowest BCUT2D eigenvalue weighted by Crippen LogP contribution is -2.20. The van der Waals surface area contributed by atoms with Crippen molar-refractivity contribution in [2.75, 3.05) is 17.2 Å². The zero-order valence-electron chi connectivity index (χ0n) is 13.7. The standard InChI is InChI=1S/C18H17N5O3/c19-16(24)11-26-14-8-6-13(7-9-14)21-18(25)22-15-10-20-23-17(15)12-4-2-1-3-5-12/h1-10H,11H2,(H2,19,24)(H,20,23)(H2,21,22,25). The highest BCUT2D eigenvalue weighted by Gasteiger charge is 2.11. The van der Waals surface area contributed by atoms with Crippen molar-refractivity contribution in [2.24, 2.45) is 5.73 Å². The van der Waals surface area contributed by atoms with E-state index in [2.05, 4.69) is 20.8 Å². The fraction of sp³-hybridized carbons (Fsp3) is 0.0556. The van der Waals surface area contributed by atoms with Crippen LogP contribution in [0, 0.1) is 0 Å². The molecule has 3 rings (SSSR count). The van der Waals surface area contributed by atoms with Crippen LogP contribution in [0.15, 0.2) is 60.8 Å². The van der Waals surface area contributed by atoms with Gasteiger partial charge in [-0.3, -0.25) is 9.89 Å². The molecule has 132 valence electrons. The van der Waals surface area contributed by atoms with Gasteiger partial charge in [0.1, 0.15) is 5.75 Å². The number of aromatic amines is 1. The molecule has 0 radical (unpaired) electrons. The van der Waals surface area contributed by atoms with Gasteiger partial charge in [0.25, 0.3) is 5.91 Å². The monoisotopic (exact) mass is 351 g/mol. The Bertz CT molecular complexity index is 891. The van der Waals surface area contributed by atoms with Crippen molar-refractivity contribution in [3.05, 3.63) is 60.8 Å². The normalized spacial score (nSPS) is 10.2. The number of benzene rings is 2. The largest absolute Gasteiger partial charge is 0.484 e. The summed E-state index contributed by atoms with van der Waals surface area (Å²) in [4.78, 5) is 22.9. The van der Waals surface area contributed by atoms with E-state index in [1.807, 2.05) is 30.3 Å². The fourth-order valence-electron chi connectivity index (χ4n) is 2.28. The van der Waals surface area contributed by atoms with Crippen LogP contribution in [0.4, 0.5) is 16.2 Å². The van der Waals surface area contributed by atoms with Gasteiger partial charge in [-0.25, -0.2) is 4.79 Å². The minimum Gasteiger partial charge on any atom is -0.484 e. The number of amides is 3. The number of nitrogens with one attached hydrogen (secondary N) is 3. The van der Waals surface area contributed by atoms with Crippen molar-refractivity contribution >= 4 is 23.3 Å². The predicted molar refractivity (Wildman–Crippen MR) is 97.8 cm³/mol. The van der Waals surface area contributed by atoms with Crippen LogP contribution in [0.25, 0.3) is 11.3 Å². The summed E-state index contributed by atoms with van der Waals surface area (Å²) in [6, 6.07) is 15.7. The van der Waals surface area contributed by atoms with Gasteiger partial charge < -0.3 is 21.1 Å². The number of ether oxygens (including phenoxy) is 1. The summed E-state index contributed by atoms with van der Waals surface area (Å²) in [7, 11) is 0. The van der Waals surface area contributed by atoms with Gasteiger partial charge >= 0.3 is 6.03 Å². The van der Waals surface area contributed by atoms with Gasteiger partial charge in [0, 0.05) is 11.3 Å². The molecule has 0 bridgehead atoms. The number of anilines is 2. The number of H-pyrrole nitrogens is 1. The van der Waals surface area contributed by atoms with Crippen LogP contribution < -0.4 is 21.1 Å². The molecule has 0 aliphatic rings. The van der Waals surface area contributed by atoms with Crippen molar-refractivity contribution in [3.8, 4) is 17.0 Å². The molecule has 0 atom stereocenters. The second-order valence-electron chi connectivity index (χ2n) is 5.38. The molecule has 3 amide bonds. The first-order valence-electron chi connectivity index (χ1n) is 7.80. The van der Waals surface area contributed by atoms with E-state index in [9.17, 15) is 9.59 Å². The maximum absolute atomic E-state index is 12.2. The number of rotatable bonds is 6. The molecule has 0 spiro atoms. The molecular formula is C18H17N5O3. The quantitative estimate of drug-likeness (QED) is 0.545. The molecule has 8 heteroatoms. The number of carbonyl (C=O) groups is 2. The third-order valence-electron chi connectivity index (χ3n) is 3.44. The van der Waals surface area contributed by atoms with Gasteiger partial charge in [-0.15, -0.1) is 0 Å². The SMILES string of the molecule is NC(=O)COc1ccc(NC(=O)Nc2cn[nH]c2-c2ccccc2)cc1. The Balaban J connectivity index is 1.61. The third-order valence-corrected chi connectivity index (χ3v) is 3.44. The maximum atomic E-state index is 12.2. The van der Waals surface area contributed by atoms with Crippen molar-refractivity contribution < 1.29 is 14.3 Å². The Kier molecular flexibility index (Phi) is 5.14. The number of urea groups is 1. The van der Waals surface area contributed by atoms with E-state index in [1.54, 1.807) is 30.5 Å². The van der Waals surface area contributed by atoms with E-state index < -0.39 is 11.9 Å². The number of primary amides is 1. The molecule has 0 unspecified atom stereocenters. The van der Waals surface area contributed by atoms with Gasteiger partial charge in [-0.2, -0.15) is 5.10 Å². The third kappa shape index (κ3) is 4.38. The van der Waals surface area contributed by atoms with Crippen molar-refractivity contribution in [2.45, 2.75) is 0 Å². The first-order chi connectivity index (χ1) is 12.6. The van der Waals surface area contributed by atoms with Crippen LogP contribution in [0.1, 0.15) is 0 Å². The Morgan fingerprint density at radius 1 is 1.04 bits per heavy atom. The molecule has 26 heavy (non-hydrogen) atoms. The molecule has 1 aromatic heterocycles. The summed E-state index contributed by atoms with van der Waals surface area (Å²) < 4.78 is 5.16. The molecule has 8 nitrogen and oxygen atoms in total. The summed E-state index contributed by atoms with van der Waals surface area (Å²) in [5.74, 6) is -0.0723. The second-order valence-corrected chi connectivity index (χ2v) is 5.38. The molecule has 1 heterocycles. The van der Waals surface area contributed by atoms with E-state index >= 15 is 0 Å². The molecule has 0 aliphatic heterocycles. The number of hydrogen-bond donors (Lipinski definition) is 4. The molecule has 0 saturated heterocycles. The highest BCUT2D eigenvalue weighted by molar-refractivity contribution is 6.01. The van der Waals surface area contributed by atoms with Crippen LogP contribution >= 0.6 is 0 Å².